The van der Waals surface area contributed by atoms with Crippen LogP contribution in [0.2, 0.25) is 6.32 Å². The molecular weight excluding hydrogens is 251 g/mol. The van der Waals surface area contributed by atoms with Gasteiger partial charge in [0, 0.05) is 6.61 Å². The van der Waals surface area contributed by atoms with Crippen molar-refractivity contribution in [2.24, 2.45) is 0 Å². The van der Waals surface area contributed by atoms with Crippen molar-refractivity contribution in [3.05, 3.63) is 35.9 Å². The first kappa shape index (κ1) is 15.6. The van der Waals surface area contributed by atoms with E-state index < -0.39 is 0 Å². The van der Waals surface area contributed by atoms with E-state index in [9.17, 15) is 0 Å². The highest BCUT2D eigenvalue weighted by Crippen LogP contribution is 2.37. The zero-order chi connectivity index (χ0) is 14.6. The predicted molar refractivity (Wildman–Crippen MR) is 81.6 cm³/mol. The second-order valence-electron chi connectivity index (χ2n) is 6.37. The number of ether oxygens (including phenoxy) is 1. The molecule has 1 heterocycles. The molecule has 1 aliphatic rings. The van der Waals surface area contributed by atoms with E-state index in [2.05, 4.69) is 39.8 Å². The lowest BCUT2D eigenvalue weighted by Crippen LogP contribution is -2.41. The molecule has 0 aliphatic carbocycles. The molecule has 1 aromatic rings. The van der Waals surface area contributed by atoms with Crippen LogP contribution < -0.4 is 0 Å². The average molecular weight is 276 g/mol. The fraction of sp³-hybridized carbons (Fsp3) is 0.625. The summed E-state index contributed by atoms with van der Waals surface area (Å²) in [6, 6.07) is 10.2. The van der Waals surface area contributed by atoms with Crippen LogP contribution in [-0.2, 0) is 20.7 Å². The van der Waals surface area contributed by atoms with Crippen molar-refractivity contribution in [2.75, 3.05) is 6.61 Å². The Kier molecular flexibility index (Phi) is 4.89. The first-order valence-electron chi connectivity index (χ1n) is 7.38. The Labute approximate surface area is 122 Å². The standard InChI is InChI=1S/C16H25BO3/c1-15(2)16(3,4)20-17(19-15)11-8-12-18-13-14-9-6-5-7-10-14/h5-7,9-10H,8,11-13H2,1-4H3. The van der Waals surface area contributed by atoms with Crippen LogP contribution in [0.4, 0.5) is 0 Å². The monoisotopic (exact) mass is 276 g/mol. The molecule has 3 nitrogen and oxygen atoms in total. The summed E-state index contributed by atoms with van der Waals surface area (Å²) in [7, 11) is -0.111. The van der Waals surface area contributed by atoms with Crippen molar-refractivity contribution >= 4 is 7.12 Å². The SMILES string of the molecule is CC1(C)OB(CCCOCc2ccccc2)OC1(C)C. The van der Waals surface area contributed by atoms with Gasteiger partial charge in [-0.05, 0) is 46.0 Å². The quantitative estimate of drug-likeness (QED) is 0.586. The van der Waals surface area contributed by atoms with Gasteiger partial charge in [-0.15, -0.1) is 0 Å². The third-order valence-electron chi connectivity index (χ3n) is 4.14. The largest absolute Gasteiger partial charge is 0.457 e. The minimum absolute atomic E-state index is 0.111. The van der Waals surface area contributed by atoms with Crippen molar-refractivity contribution < 1.29 is 14.0 Å². The molecule has 20 heavy (non-hydrogen) atoms. The van der Waals surface area contributed by atoms with E-state index in [1.165, 1.54) is 5.56 Å². The van der Waals surface area contributed by atoms with Crippen molar-refractivity contribution in [3.63, 3.8) is 0 Å². The Morgan fingerprint density at radius 1 is 1.00 bits per heavy atom. The highest BCUT2D eigenvalue weighted by molar-refractivity contribution is 6.45. The van der Waals surface area contributed by atoms with Gasteiger partial charge in [-0.1, -0.05) is 30.3 Å². The third kappa shape index (κ3) is 3.84. The molecular formula is C16H25BO3. The van der Waals surface area contributed by atoms with Crippen LogP contribution in [0.15, 0.2) is 30.3 Å². The molecule has 0 atom stereocenters. The van der Waals surface area contributed by atoms with Crippen LogP contribution in [0.1, 0.15) is 39.7 Å². The maximum Gasteiger partial charge on any atom is 0.457 e. The zero-order valence-corrected chi connectivity index (χ0v) is 13.0. The number of benzene rings is 1. The van der Waals surface area contributed by atoms with Gasteiger partial charge in [0.15, 0.2) is 0 Å². The molecule has 110 valence electrons. The molecule has 0 spiro atoms. The summed E-state index contributed by atoms with van der Waals surface area (Å²) < 4.78 is 17.6. The van der Waals surface area contributed by atoms with E-state index in [0.717, 1.165) is 19.3 Å². The fourth-order valence-electron chi connectivity index (χ4n) is 2.20. The van der Waals surface area contributed by atoms with Gasteiger partial charge in [0.1, 0.15) is 0 Å². The number of hydrogen-bond acceptors (Lipinski definition) is 3. The summed E-state index contributed by atoms with van der Waals surface area (Å²) in [6.45, 7) is 9.73. The summed E-state index contributed by atoms with van der Waals surface area (Å²) in [5.74, 6) is 0. The molecule has 0 N–H and O–H groups in total. The van der Waals surface area contributed by atoms with Gasteiger partial charge in [0.25, 0.3) is 0 Å². The van der Waals surface area contributed by atoms with Crippen LogP contribution in [0.3, 0.4) is 0 Å². The van der Waals surface area contributed by atoms with E-state index in [1.54, 1.807) is 0 Å². The van der Waals surface area contributed by atoms with Gasteiger partial charge >= 0.3 is 7.12 Å². The maximum absolute atomic E-state index is 5.95. The van der Waals surface area contributed by atoms with Gasteiger partial charge in [0.2, 0.25) is 0 Å². The number of rotatable bonds is 6. The van der Waals surface area contributed by atoms with Gasteiger partial charge in [0.05, 0.1) is 17.8 Å². The molecule has 0 amide bonds. The highest BCUT2D eigenvalue weighted by atomic mass is 16.7. The Morgan fingerprint density at radius 2 is 1.60 bits per heavy atom. The van der Waals surface area contributed by atoms with Crippen LogP contribution in [0.25, 0.3) is 0 Å². The average Bonchev–Trinajstić information content (AvgIpc) is 2.58. The van der Waals surface area contributed by atoms with Crippen LogP contribution in [0.5, 0.6) is 0 Å². The lowest BCUT2D eigenvalue weighted by molar-refractivity contribution is 0.00578. The summed E-state index contributed by atoms with van der Waals surface area (Å²) in [6.07, 6.45) is 1.82. The minimum atomic E-state index is -0.234. The number of hydrogen-bond donors (Lipinski definition) is 0. The van der Waals surface area contributed by atoms with Gasteiger partial charge in [-0.2, -0.15) is 0 Å². The molecule has 0 bridgehead atoms. The first-order chi connectivity index (χ1) is 9.41. The molecule has 1 aliphatic heterocycles. The molecule has 2 rings (SSSR count). The van der Waals surface area contributed by atoms with Crippen molar-refractivity contribution in [3.8, 4) is 0 Å². The highest BCUT2D eigenvalue weighted by Gasteiger charge is 2.50. The van der Waals surface area contributed by atoms with Crippen molar-refractivity contribution in [2.45, 2.75) is 58.2 Å². The topological polar surface area (TPSA) is 27.7 Å². The Hall–Kier alpha value is -0.835. The van der Waals surface area contributed by atoms with Crippen molar-refractivity contribution in [1.82, 2.24) is 0 Å². The van der Waals surface area contributed by atoms with Gasteiger partial charge in [-0.3, -0.25) is 0 Å². The molecule has 0 aromatic heterocycles. The molecule has 0 saturated carbocycles. The first-order valence-corrected chi connectivity index (χ1v) is 7.38. The molecule has 0 radical (unpaired) electrons. The van der Waals surface area contributed by atoms with E-state index >= 15 is 0 Å². The van der Waals surface area contributed by atoms with Crippen molar-refractivity contribution in [1.29, 1.82) is 0 Å². The molecule has 1 aromatic carbocycles. The van der Waals surface area contributed by atoms with E-state index in [-0.39, 0.29) is 18.3 Å². The molecule has 4 heteroatoms. The lowest BCUT2D eigenvalue weighted by atomic mass is 9.83. The van der Waals surface area contributed by atoms with Crippen LogP contribution in [0, 0.1) is 0 Å². The van der Waals surface area contributed by atoms with Crippen LogP contribution in [-0.4, -0.2) is 24.9 Å². The Morgan fingerprint density at radius 3 is 2.20 bits per heavy atom. The van der Waals surface area contributed by atoms with Gasteiger partial charge < -0.3 is 14.0 Å². The summed E-state index contributed by atoms with van der Waals surface area (Å²) in [5.41, 5.74) is 0.744. The van der Waals surface area contributed by atoms with Gasteiger partial charge in [-0.25, -0.2) is 0 Å². The molecule has 0 unspecified atom stereocenters. The summed E-state index contributed by atoms with van der Waals surface area (Å²) in [4.78, 5) is 0. The van der Waals surface area contributed by atoms with E-state index in [1.807, 2.05) is 18.2 Å². The maximum atomic E-state index is 5.95. The second kappa shape index (κ2) is 6.29. The third-order valence-corrected chi connectivity index (χ3v) is 4.14. The normalized spacial score (nSPS) is 20.3. The minimum Gasteiger partial charge on any atom is -0.403 e. The smallest absolute Gasteiger partial charge is 0.403 e. The zero-order valence-electron chi connectivity index (χ0n) is 13.0. The summed E-state index contributed by atoms with van der Waals surface area (Å²) in [5, 5.41) is 0. The lowest BCUT2D eigenvalue weighted by Gasteiger charge is -2.32. The second-order valence-corrected chi connectivity index (χ2v) is 6.37. The Bertz CT molecular complexity index is 401. The summed E-state index contributed by atoms with van der Waals surface area (Å²) >= 11 is 0. The molecule has 1 fully saturated rings. The molecule has 1 saturated heterocycles. The van der Waals surface area contributed by atoms with E-state index in [4.69, 9.17) is 14.0 Å². The Balaban J connectivity index is 1.63. The fourth-order valence-corrected chi connectivity index (χ4v) is 2.20. The predicted octanol–water partition coefficient (Wildman–Crippen LogP) is 3.69. The van der Waals surface area contributed by atoms with Crippen LogP contribution >= 0.6 is 0 Å². The van der Waals surface area contributed by atoms with E-state index in [0.29, 0.717) is 6.61 Å².